The SMILES string of the molecule is [B]c1cc(-c2ccc3nc(C)n(CC(F)F)c3n2)c2cnc(NC3CCN(C4CCC4)CC3)nn12. The highest BCUT2D eigenvalue weighted by molar-refractivity contribution is 6.32. The molecule has 1 aliphatic heterocycles. The highest BCUT2D eigenvalue weighted by Crippen LogP contribution is 2.29. The summed E-state index contributed by atoms with van der Waals surface area (Å²) in [5.74, 6) is 1.05. The van der Waals surface area contributed by atoms with Gasteiger partial charge < -0.3 is 14.8 Å². The van der Waals surface area contributed by atoms with E-state index >= 15 is 0 Å². The van der Waals surface area contributed by atoms with Crippen LogP contribution in [-0.2, 0) is 6.54 Å². The second-order valence-electron chi connectivity index (χ2n) is 9.60. The molecule has 0 unspecified atom stereocenters. The number of halogens is 2. The summed E-state index contributed by atoms with van der Waals surface area (Å²) in [4.78, 5) is 16.2. The van der Waals surface area contributed by atoms with Crippen LogP contribution in [0.15, 0.2) is 24.4 Å². The molecule has 1 saturated heterocycles. The Kier molecular flexibility index (Phi) is 5.67. The predicted octanol–water partition coefficient (Wildman–Crippen LogP) is 2.94. The Hall–Kier alpha value is -3.08. The number of anilines is 1. The number of rotatable bonds is 6. The molecular formula is C24H27BF2N8. The number of aryl methyl sites for hydroxylation is 1. The van der Waals surface area contributed by atoms with E-state index in [2.05, 4.69) is 30.3 Å². The molecule has 4 aromatic rings. The summed E-state index contributed by atoms with van der Waals surface area (Å²) in [5.41, 5.74) is 3.51. The number of nitrogens with one attached hydrogen (secondary N) is 1. The minimum Gasteiger partial charge on any atom is -0.350 e. The molecule has 1 saturated carbocycles. The van der Waals surface area contributed by atoms with E-state index in [1.165, 1.54) is 23.8 Å². The third-order valence-electron chi connectivity index (χ3n) is 7.38. The van der Waals surface area contributed by atoms with Crippen molar-refractivity contribution in [3.05, 3.63) is 30.2 Å². The van der Waals surface area contributed by atoms with E-state index in [1.54, 1.807) is 29.8 Å². The van der Waals surface area contributed by atoms with Gasteiger partial charge in [0.05, 0.1) is 24.0 Å². The second kappa shape index (κ2) is 8.85. The highest BCUT2D eigenvalue weighted by atomic mass is 19.3. The molecular weight excluding hydrogens is 449 g/mol. The molecule has 2 radical (unpaired) electrons. The van der Waals surface area contributed by atoms with Gasteiger partial charge in [-0.25, -0.2) is 28.2 Å². The zero-order chi connectivity index (χ0) is 24.1. The number of piperidine rings is 1. The third kappa shape index (κ3) is 4.15. The lowest BCUT2D eigenvalue weighted by Gasteiger charge is -2.41. The molecule has 5 heterocycles. The third-order valence-corrected chi connectivity index (χ3v) is 7.38. The zero-order valence-electron chi connectivity index (χ0n) is 19.7. The van der Waals surface area contributed by atoms with Gasteiger partial charge in [0.25, 0.3) is 6.43 Å². The van der Waals surface area contributed by atoms with Crippen LogP contribution in [0.2, 0.25) is 0 Å². The first-order chi connectivity index (χ1) is 17.0. The lowest BCUT2D eigenvalue weighted by atomic mass is 9.89. The molecule has 0 aromatic carbocycles. The molecule has 2 aliphatic rings. The fourth-order valence-corrected chi connectivity index (χ4v) is 5.25. The average Bonchev–Trinajstić information content (AvgIpc) is 3.29. The Morgan fingerprint density at radius 1 is 1.14 bits per heavy atom. The first-order valence-electron chi connectivity index (χ1n) is 12.2. The summed E-state index contributed by atoms with van der Waals surface area (Å²) in [6, 6.07) is 6.52. The summed E-state index contributed by atoms with van der Waals surface area (Å²) in [6.07, 6.45) is 5.41. The standard InChI is InChI=1S/C24H27BF2N8/c1-14-29-19-6-5-18(31-23(19)34(14)13-22(26)27)17-11-21(25)35-20(17)12-28-24(32-35)30-15-7-9-33(10-8-15)16-3-2-4-16/h5-6,11-12,15-16,22H,2-4,7-10,13H2,1H3,(H,30,32). The first-order valence-corrected chi connectivity index (χ1v) is 12.2. The van der Waals surface area contributed by atoms with Gasteiger partial charge in [-0.2, -0.15) is 0 Å². The van der Waals surface area contributed by atoms with E-state index < -0.39 is 13.0 Å². The van der Waals surface area contributed by atoms with Crippen LogP contribution in [0.4, 0.5) is 14.7 Å². The Morgan fingerprint density at radius 3 is 2.66 bits per heavy atom. The van der Waals surface area contributed by atoms with E-state index in [0.29, 0.717) is 45.8 Å². The van der Waals surface area contributed by atoms with Gasteiger partial charge >= 0.3 is 0 Å². The summed E-state index contributed by atoms with van der Waals surface area (Å²) in [7, 11) is 6.30. The average molecular weight is 476 g/mol. The fraction of sp³-hybridized carbons (Fsp3) is 0.500. The normalized spacial score (nSPS) is 18.1. The molecule has 11 heteroatoms. The molecule has 0 atom stereocenters. The van der Waals surface area contributed by atoms with E-state index in [4.69, 9.17) is 7.85 Å². The number of alkyl halides is 2. The second-order valence-corrected chi connectivity index (χ2v) is 9.60. The topological polar surface area (TPSA) is 76.2 Å². The number of aromatic nitrogens is 6. The molecule has 0 amide bonds. The molecule has 0 bridgehead atoms. The van der Waals surface area contributed by atoms with Gasteiger partial charge in [-0.1, -0.05) is 6.42 Å². The number of imidazole rings is 1. The van der Waals surface area contributed by atoms with Gasteiger partial charge in [0.2, 0.25) is 5.95 Å². The molecule has 6 rings (SSSR count). The van der Waals surface area contributed by atoms with E-state index in [0.717, 1.165) is 37.5 Å². The number of hydrogen-bond acceptors (Lipinski definition) is 6. The molecule has 8 nitrogen and oxygen atoms in total. The smallest absolute Gasteiger partial charge is 0.256 e. The summed E-state index contributed by atoms with van der Waals surface area (Å²) >= 11 is 0. The maximum atomic E-state index is 13.1. The molecule has 1 aliphatic carbocycles. The molecule has 2 fully saturated rings. The van der Waals surface area contributed by atoms with Gasteiger partial charge in [0.1, 0.15) is 19.2 Å². The van der Waals surface area contributed by atoms with Crippen LogP contribution in [0.5, 0.6) is 0 Å². The van der Waals surface area contributed by atoms with Crippen LogP contribution in [0.3, 0.4) is 0 Å². The van der Waals surface area contributed by atoms with Crippen molar-refractivity contribution in [1.29, 1.82) is 0 Å². The molecule has 0 spiro atoms. The van der Waals surface area contributed by atoms with Crippen LogP contribution in [0.25, 0.3) is 27.9 Å². The minimum absolute atomic E-state index is 0.336. The zero-order valence-corrected chi connectivity index (χ0v) is 19.7. The Balaban J connectivity index is 1.25. The number of nitrogens with zero attached hydrogens (tertiary/aromatic N) is 7. The largest absolute Gasteiger partial charge is 0.350 e. The monoisotopic (exact) mass is 476 g/mol. The maximum absolute atomic E-state index is 13.1. The van der Waals surface area contributed by atoms with Crippen molar-refractivity contribution < 1.29 is 8.78 Å². The lowest BCUT2D eigenvalue weighted by molar-refractivity contribution is 0.101. The first kappa shape index (κ1) is 22.4. The fourth-order valence-electron chi connectivity index (χ4n) is 5.25. The van der Waals surface area contributed by atoms with Crippen LogP contribution in [0, 0.1) is 6.92 Å². The van der Waals surface area contributed by atoms with Crippen LogP contribution >= 0.6 is 0 Å². The number of hydrogen-bond donors (Lipinski definition) is 1. The number of likely N-dealkylation sites (tertiary alicyclic amines) is 1. The van der Waals surface area contributed by atoms with E-state index in [9.17, 15) is 8.78 Å². The van der Waals surface area contributed by atoms with Gasteiger partial charge in [0.15, 0.2) is 5.65 Å². The molecule has 4 aromatic heterocycles. The number of pyridine rings is 1. The van der Waals surface area contributed by atoms with Crippen molar-refractivity contribution in [2.24, 2.45) is 0 Å². The summed E-state index contributed by atoms with van der Waals surface area (Å²) in [5, 5.41) is 8.10. The predicted molar refractivity (Wildman–Crippen MR) is 131 cm³/mol. The van der Waals surface area contributed by atoms with Gasteiger partial charge in [-0.15, -0.1) is 5.10 Å². The van der Waals surface area contributed by atoms with Crippen molar-refractivity contribution in [1.82, 2.24) is 34.0 Å². The molecule has 35 heavy (non-hydrogen) atoms. The van der Waals surface area contributed by atoms with Gasteiger partial charge in [-0.3, -0.25) is 0 Å². The number of fused-ring (bicyclic) bond motifs is 2. The quantitative estimate of drug-likeness (QED) is 0.432. The van der Waals surface area contributed by atoms with Crippen LogP contribution in [0.1, 0.15) is 37.9 Å². The lowest BCUT2D eigenvalue weighted by Crippen LogP contribution is -2.47. The Morgan fingerprint density at radius 2 is 1.94 bits per heavy atom. The van der Waals surface area contributed by atoms with Crippen molar-refractivity contribution in [3.63, 3.8) is 0 Å². The van der Waals surface area contributed by atoms with Crippen LogP contribution in [-0.4, -0.2) is 73.5 Å². The van der Waals surface area contributed by atoms with Gasteiger partial charge in [0, 0.05) is 30.7 Å². The Labute approximate surface area is 203 Å². The van der Waals surface area contributed by atoms with E-state index in [-0.39, 0.29) is 0 Å². The van der Waals surface area contributed by atoms with Gasteiger partial charge in [-0.05, 0) is 56.4 Å². The highest BCUT2D eigenvalue weighted by Gasteiger charge is 2.29. The molecule has 180 valence electrons. The van der Waals surface area contributed by atoms with Crippen molar-refractivity contribution in [3.8, 4) is 11.3 Å². The van der Waals surface area contributed by atoms with Crippen molar-refractivity contribution in [2.45, 2.75) is 64.1 Å². The summed E-state index contributed by atoms with van der Waals surface area (Å²) < 4.78 is 29.3. The van der Waals surface area contributed by atoms with Crippen LogP contribution < -0.4 is 10.9 Å². The maximum Gasteiger partial charge on any atom is 0.256 e. The summed E-state index contributed by atoms with van der Waals surface area (Å²) in [6.45, 7) is 3.47. The van der Waals surface area contributed by atoms with Crippen molar-refractivity contribution in [2.75, 3.05) is 18.4 Å². The van der Waals surface area contributed by atoms with Crippen molar-refractivity contribution >= 4 is 36.1 Å². The minimum atomic E-state index is -2.49. The van der Waals surface area contributed by atoms with E-state index in [1.807, 2.05) is 6.07 Å². The Bertz CT molecular complexity index is 1370. The molecule has 1 N–H and O–H groups in total.